The van der Waals surface area contributed by atoms with Gasteiger partial charge in [0.1, 0.15) is 11.5 Å². The van der Waals surface area contributed by atoms with Gasteiger partial charge >= 0.3 is 0 Å². The van der Waals surface area contributed by atoms with Crippen molar-refractivity contribution < 1.29 is 9.18 Å². The molecular weight excluding hydrogens is 379 g/mol. The van der Waals surface area contributed by atoms with Crippen molar-refractivity contribution in [2.45, 2.75) is 12.5 Å². The van der Waals surface area contributed by atoms with E-state index in [0.29, 0.717) is 18.8 Å². The SMILES string of the molecule is Cn1cc(C2CN(C(=O)c3cc(-c4ccc(F)cc4)c[nH]3)Cc3ccccc32)cn1. The number of aromatic amines is 1. The average molecular weight is 400 g/mol. The molecule has 6 heteroatoms. The third-order valence-corrected chi connectivity index (χ3v) is 5.70. The average Bonchev–Trinajstić information content (AvgIpc) is 3.42. The molecule has 0 bridgehead atoms. The van der Waals surface area contributed by atoms with E-state index in [1.807, 2.05) is 42.5 Å². The highest BCUT2D eigenvalue weighted by molar-refractivity contribution is 5.94. The third kappa shape index (κ3) is 3.30. The summed E-state index contributed by atoms with van der Waals surface area (Å²) < 4.78 is 15.0. The number of H-pyrrole nitrogens is 1. The van der Waals surface area contributed by atoms with Gasteiger partial charge in [-0.2, -0.15) is 5.10 Å². The van der Waals surface area contributed by atoms with Gasteiger partial charge in [0.15, 0.2) is 0 Å². The maximum atomic E-state index is 13.3. The molecule has 1 unspecified atom stereocenters. The lowest BCUT2D eigenvalue weighted by molar-refractivity contribution is 0.0720. The van der Waals surface area contributed by atoms with E-state index in [0.717, 1.165) is 22.3 Å². The predicted octanol–water partition coefficient (Wildman–Crippen LogP) is 4.34. The summed E-state index contributed by atoms with van der Waals surface area (Å²) in [4.78, 5) is 18.3. The molecule has 1 aliphatic heterocycles. The first-order valence-electron chi connectivity index (χ1n) is 9.88. The second-order valence-corrected chi connectivity index (χ2v) is 7.69. The van der Waals surface area contributed by atoms with Crippen molar-refractivity contribution in [2.75, 3.05) is 6.54 Å². The van der Waals surface area contributed by atoms with Crippen LogP contribution in [0.2, 0.25) is 0 Å². The largest absolute Gasteiger partial charge is 0.357 e. The second kappa shape index (κ2) is 7.30. The van der Waals surface area contributed by atoms with E-state index in [4.69, 9.17) is 0 Å². The number of carbonyl (C=O) groups excluding carboxylic acids is 1. The van der Waals surface area contributed by atoms with E-state index in [1.54, 1.807) is 23.0 Å². The number of halogens is 1. The molecule has 0 saturated carbocycles. The normalized spacial score (nSPS) is 15.8. The zero-order chi connectivity index (χ0) is 20.7. The number of fused-ring (bicyclic) bond motifs is 1. The Balaban J connectivity index is 1.44. The molecule has 0 aliphatic carbocycles. The van der Waals surface area contributed by atoms with Crippen LogP contribution >= 0.6 is 0 Å². The van der Waals surface area contributed by atoms with Gasteiger partial charge in [0.05, 0.1) is 6.20 Å². The first-order valence-corrected chi connectivity index (χ1v) is 9.88. The Bertz CT molecular complexity index is 1210. The Morgan fingerprint density at radius 1 is 1.13 bits per heavy atom. The number of amides is 1. The third-order valence-electron chi connectivity index (χ3n) is 5.70. The van der Waals surface area contributed by atoms with Crippen molar-refractivity contribution in [2.24, 2.45) is 7.05 Å². The van der Waals surface area contributed by atoms with Crippen LogP contribution in [0.25, 0.3) is 11.1 Å². The molecule has 1 N–H and O–H groups in total. The highest BCUT2D eigenvalue weighted by Crippen LogP contribution is 2.34. The lowest BCUT2D eigenvalue weighted by Crippen LogP contribution is -2.38. The van der Waals surface area contributed by atoms with E-state index in [-0.39, 0.29) is 17.6 Å². The van der Waals surface area contributed by atoms with Crippen molar-refractivity contribution in [3.05, 3.63) is 101 Å². The van der Waals surface area contributed by atoms with Crippen molar-refractivity contribution in [3.8, 4) is 11.1 Å². The number of rotatable bonds is 3. The van der Waals surface area contributed by atoms with Gasteiger partial charge in [0.2, 0.25) is 0 Å². The summed E-state index contributed by atoms with van der Waals surface area (Å²) in [6.07, 6.45) is 5.67. The van der Waals surface area contributed by atoms with Gasteiger partial charge < -0.3 is 9.88 Å². The molecule has 0 saturated heterocycles. The molecule has 2 aromatic heterocycles. The van der Waals surface area contributed by atoms with Gasteiger partial charge in [-0.1, -0.05) is 36.4 Å². The van der Waals surface area contributed by atoms with E-state index in [1.165, 1.54) is 17.7 Å². The molecule has 5 nitrogen and oxygen atoms in total. The quantitative estimate of drug-likeness (QED) is 0.556. The number of benzene rings is 2. The maximum absolute atomic E-state index is 13.3. The van der Waals surface area contributed by atoms with Crippen molar-refractivity contribution in [1.82, 2.24) is 19.7 Å². The molecule has 3 heterocycles. The van der Waals surface area contributed by atoms with Crippen LogP contribution in [0.4, 0.5) is 4.39 Å². The monoisotopic (exact) mass is 400 g/mol. The standard InChI is InChI=1S/C24H21FN4O/c1-28-13-19(12-27-28)22-15-29(14-17-4-2-3-5-21(17)22)24(30)23-10-18(11-26-23)16-6-8-20(25)9-7-16/h2-13,22,26H,14-15H2,1H3. The molecular formula is C24H21FN4O. The molecule has 0 spiro atoms. The summed E-state index contributed by atoms with van der Waals surface area (Å²) in [5.74, 6) is -0.245. The summed E-state index contributed by atoms with van der Waals surface area (Å²) in [6.45, 7) is 1.16. The fraction of sp³-hybridized carbons (Fsp3) is 0.167. The zero-order valence-electron chi connectivity index (χ0n) is 16.5. The van der Waals surface area contributed by atoms with Crippen LogP contribution in [-0.2, 0) is 13.6 Å². The van der Waals surface area contributed by atoms with Crippen molar-refractivity contribution in [3.63, 3.8) is 0 Å². The Morgan fingerprint density at radius 2 is 1.93 bits per heavy atom. The smallest absolute Gasteiger partial charge is 0.270 e. The van der Waals surface area contributed by atoms with Crippen LogP contribution in [0.1, 0.15) is 33.1 Å². The van der Waals surface area contributed by atoms with E-state index in [9.17, 15) is 9.18 Å². The first kappa shape index (κ1) is 18.4. The lowest BCUT2D eigenvalue weighted by atomic mass is 9.86. The molecule has 150 valence electrons. The molecule has 30 heavy (non-hydrogen) atoms. The number of carbonyl (C=O) groups is 1. The van der Waals surface area contributed by atoms with E-state index in [2.05, 4.69) is 22.2 Å². The number of nitrogens with one attached hydrogen (secondary N) is 1. The zero-order valence-corrected chi connectivity index (χ0v) is 16.5. The summed E-state index contributed by atoms with van der Waals surface area (Å²) >= 11 is 0. The number of hydrogen-bond donors (Lipinski definition) is 1. The Labute approximate surface area is 173 Å². The van der Waals surface area contributed by atoms with E-state index < -0.39 is 0 Å². The summed E-state index contributed by atoms with van der Waals surface area (Å²) in [7, 11) is 1.90. The van der Waals surface area contributed by atoms with Crippen LogP contribution in [0.5, 0.6) is 0 Å². The lowest BCUT2D eigenvalue weighted by Gasteiger charge is -2.34. The fourth-order valence-corrected chi connectivity index (χ4v) is 4.16. The molecule has 1 aliphatic rings. The van der Waals surface area contributed by atoms with Gasteiger partial charge in [0, 0.05) is 38.4 Å². The second-order valence-electron chi connectivity index (χ2n) is 7.69. The van der Waals surface area contributed by atoms with E-state index >= 15 is 0 Å². The maximum Gasteiger partial charge on any atom is 0.270 e. The van der Waals surface area contributed by atoms with Gasteiger partial charge in [-0.05, 0) is 46.0 Å². The topological polar surface area (TPSA) is 53.9 Å². The Morgan fingerprint density at radius 3 is 2.70 bits per heavy atom. The first-order chi connectivity index (χ1) is 14.6. The van der Waals surface area contributed by atoms with Gasteiger partial charge in [-0.25, -0.2) is 4.39 Å². The minimum atomic E-state index is -0.279. The molecule has 1 amide bonds. The highest BCUT2D eigenvalue weighted by atomic mass is 19.1. The molecule has 2 aromatic carbocycles. The highest BCUT2D eigenvalue weighted by Gasteiger charge is 2.30. The van der Waals surface area contributed by atoms with Crippen LogP contribution in [0.15, 0.2) is 73.2 Å². The number of aryl methyl sites for hydroxylation is 1. The summed E-state index contributed by atoms with van der Waals surface area (Å²) in [5, 5.41) is 4.32. The molecule has 0 fully saturated rings. The van der Waals surface area contributed by atoms with Crippen LogP contribution in [-0.4, -0.2) is 32.1 Å². The molecule has 1 atom stereocenters. The van der Waals surface area contributed by atoms with Crippen molar-refractivity contribution >= 4 is 5.91 Å². The summed E-state index contributed by atoms with van der Waals surface area (Å²) in [6, 6.07) is 16.4. The Kier molecular flexibility index (Phi) is 4.47. The van der Waals surface area contributed by atoms with Gasteiger partial charge in [-0.3, -0.25) is 9.48 Å². The minimum Gasteiger partial charge on any atom is -0.357 e. The molecule has 4 aromatic rings. The van der Waals surface area contributed by atoms with Crippen LogP contribution < -0.4 is 0 Å². The number of nitrogens with zero attached hydrogens (tertiary/aromatic N) is 3. The fourth-order valence-electron chi connectivity index (χ4n) is 4.16. The van der Waals surface area contributed by atoms with Gasteiger partial charge in [0.25, 0.3) is 5.91 Å². The van der Waals surface area contributed by atoms with Crippen LogP contribution in [0.3, 0.4) is 0 Å². The molecule has 5 rings (SSSR count). The predicted molar refractivity (Wildman–Crippen MR) is 112 cm³/mol. The van der Waals surface area contributed by atoms with Crippen LogP contribution in [0, 0.1) is 5.82 Å². The van der Waals surface area contributed by atoms with Crippen molar-refractivity contribution in [1.29, 1.82) is 0 Å². The number of aromatic nitrogens is 3. The minimum absolute atomic E-state index is 0.0493. The molecule has 0 radical (unpaired) electrons. The van der Waals surface area contributed by atoms with Gasteiger partial charge in [-0.15, -0.1) is 0 Å². The summed E-state index contributed by atoms with van der Waals surface area (Å²) in [5.41, 5.74) is 5.74. The number of hydrogen-bond acceptors (Lipinski definition) is 2. The Hall–Kier alpha value is -3.67.